The molecule has 0 radical (unpaired) electrons. The Morgan fingerprint density at radius 2 is 1.94 bits per heavy atom. The minimum absolute atomic E-state index is 0.0527. The summed E-state index contributed by atoms with van der Waals surface area (Å²) < 4.78 is 0. The molecule has 1 heterocycles. The van der Waals surface area contributed by atoms with Gasteiger partial charge in [0.2, 0.25) is 0 Å². The van der Waals surface area contributed by atoms with Gasteiger partial charge in [-0.2, -0.15) is 5.26 Å². The molecule has 2 heteroatoms. The highest BCUT2D eigenvalue weighted by molar-refractivity contribution is 5.35. The summed E-state index contributed by atoms with van der Waals surface area (Å²) in [7, 11) is 0. The zero-order valence-electron chi connectivity index (χ0n) is 10.0. The quantitative estimate of drug-likeness (QED) is 0.756. The molecule has 1 aliphatic heterocycles. The number of benzene rings is 1. The van der Waals surface area contributed by atoms with Gasteiger partial charge in [-0.05, 0) is 50.9 Å². The molecule has 1 unspecified atom stereocenters. The number of nitrogens with zero attached hydrogens (tertiary/aromatic N) is 2. The van der Waals surface area contributed by atoms with E-state index >= 15 is 0 Å². The monoisotopic (exact) mass is 214 g/mol. The Hall–Kier alpha value is -1.33. The van der Waals surface area contributed by atoms with Gasteiger partial charge >= 0.3 is 0 Å². The average Bonchev–Trinajstić information content (AvgIpc) is 2.75. The molecule has 0 aromatic heterocycles. The molecule has 0 saturated carbocycles. The van der Waals surface area contributed by atoms with Crippen molar-refractivity contribution < 1.29 is 0 Å². The first-order valence-corrected chi connectivity index (χ1v) is 5.93. The summed E-state index contributed by atoms with van der Waals surface area (Å²) >= 11 is 0. The van der Waals surface area contributed by atoms with Crippen LogP contribution in [0.4, 0.5) is 0 Å². The van der Waals surface area contributed by atoms with Crippen LogP contribution < -0.4 is 0 Å². The molecular formula is C14H18N2. The summed E-state index contributed by atoms with van der Waals surface area (Å²) in [5, 5.41) is 9.34. The molecule has 1 atom stereocenters. The molecule has 2 rings (SSSR count). The van der Waals surface area contributed by atoms with Crippen molar-refractivity contribution in [1.29, 1.82) is 5.26 Å². The minimum Gasteiger partial charge on any atom is -0.284 e. The van der Waals surface area contributed by atoms with Crippen LogP contribution in [0.1, 0.15) is 35.6 Å². The molecule has 0 spiro atoms. The summed E-state index contributed by atoms with van der Waals surface area (Å²) in [5.74, 6) is 0. The number of hydrogen-bond donors (Lipinski definition) is 0. The fourth-order valence-electron chi connectivity index (χ4n) is 2.48. The lowest BCUT2D eigenvalue weighted by Crippen LogP contribution is -2.25. The van der Waals surface area contributed by atoms with E-state index in [1.807, 2.05) is 0 Å². The van der Waals surface area contributed by atoms with Crippen LogP contribution in [0.5, 0.6) is 0 Å². The summed E-state index contributed by atoms with van der Waals surface area (Å²) in [6, 6.07) is 8.76. The predicted molar refractivity (Wildman–Crippen MR) is 65.1 cm³/mol. The summed E-state index contributed by atoms with van der Waals surface area (Å²) in [6.45, 7) is 6.31. The number of rotatable bonds is 2. The topological polar surface area (TPSA) is 27.0 Å². The molecule has 1 aromatic carbocycles. The zero-order valence-corrected chi connectivity index (χ0v) is 10.0. The van der Waals surface area contributed by atoms with Crippen molar-refractivity contribution in [3.05, 3.63) is 34.9 Å². The molecule has 16 heavy (non-hydrogen) atoms. The second-order valence-corrected chi connectivity index (χ2v) is 4.63. The summed E-state index contributed by atoms with van der Waals surface area (Å²) in [5.41, 5.74) is 3.67. The zero-order chi connectivity index (χ0) is 11.5. The first kappa shape index (κ1) is 11.2. The van der Waals surface area contributed by atoms with Crippen molar-refractivity contribution in [3.63, 3.8) is 0 Å². The van der Waals surface area contributed by atoms with Gasteiger partial charge in [-0.1, -0.05) is 23.8 Å². The summed E-state index contributed by atoms with van der Waals surface area (Å²) in [6.07, 6.45) is 2.45. The van der Waals surface area contributed by atoms with Crippen molar-refractivity contribution in [2.45, 2.75) is 32.7 Å². The third-order valence-corrected chi connectivity index (χ3v) is 3.35. The highest BCUT2D eigenvalue weighted by Gasteiger charge is 2.24. The van der Waals surface area contributed by atoms with Gasteiger partial charge in [0.25, 0.3) is 0 Å². The van der Waals surface area contributed by atoms with Gasteiger partial charge < -0.3 is 0 Å². The van der Waals surface area contributed by atoms with Gasteiger partial charge in [-0.25, -0.2) is 0 Å². The molecule has 1 aromatic rings. The standard InChI is InChI=1S/C14H18N2/c1-11-5-6-13(12(2)9-11)14(10-15)16-7-3-4-8-16/h5-6,9,14H,3-4,7-8H2,1-2H3. The molecule has 0 bridgehead atoms. The van der Waals surface area contributed by atoms with E-state index in [1.165, 1.54) is 29.5 Å². The van der Waals surface area contributed by atoms with Crippen molar-refractivity contribution in [1.82, 2.24) is 4.90 Å². The second kappa shape index (κ2) is 4.67. The largest absolute Gasteiger partial charge is 0.284 e. The van der Waals surface area contributed by atoms with Gasteiger partial charge in [0, 0.05) is 0 Å². The Labute approximate surface area is 97.5 Å². The van der Waals surface area contributed by atoms with Crippen LogP contribution in [-0.2, 0) is 0 Å². The van der Waals surface area contributed by atoms with Crippen LogP contribution in [0.2, 0.25) is 0 Å². The molecule has 84 valence electrons. The number of likely N-dealkylation sites (tertiary alicyclic amines) is 1. The number of aryl methyl sites for hydroxylation is 2. The van der Waals surface area contributed by atoms with E-state index in [9.17, 15) is 5.26 Å². The van der Waals surface area contributed by atoms with Gasteiger partial charge in [-0.15, -0.1) is 0 Å². The smallest absolute Gasteiger partial charge is 0.124 e. The average molecular weight is 214 g/mol. The van der Waals surface area contributed by atoms with Gasteiger partial charge in [0.05, 0.1) is 6.07 Å². The Kier molecular flexibility index (Phi) is 3.26. The van der Waals surface area contributed by atoms with Crippen molar-refractivity contribution >= 4 is 0 Å². The third kappa shape index (κ3) is 2.10. The Morgan fingerprint density at radius 3 is 2.50 bits per heavy atom. The Morgan fingerprint density at radius 1 is 1.25 bits per heavy atom. The lowest BCUT2D eigenvalue weighted by molar-refractivity contribution is 0.293. The van der Waals surface area contributed by atoms with Crippen LogP contribution in [0, 0.1) is 25.2 Å². The first-order chi connectivity index (χ1) is 7.72. The highest BCUT2D eigenvalue weighted by atomic mass is 15.2. The van der Waals surface area contributed by atoms with Gasteiger partial charge in [-0.3, -0.25) is 4.90 Å². The van der Waals surface area contributed by atoms with Crippen LogP contribution in [0.25, 0.3) is 0 Å². The van der Waals surface area contributed by atoms with E-state index in [2.05, 4.69) is 43.0 Å². The normalized spacial score (nSPS) is 18.3. The maximum Gasteiger partial charge on any atom is 0.124 e. The van der Waals surface area contributed by atoms with Crippen molar-refractivity contribution in [3.8, 4) is 6.07 Å². The van der Waals surface area contributed by atoms with E-state index in [1.54, 1.807) is 0 Å². The lowest BCUT2D eigenvalue weighted by atomic mass is 9.99. The first-order valence-electron chi connectivity index (χ1n) is 5.93. The van der Waals surface area contributed by atoms with Gasteiger partial charge in [0.1, 0.15) is 6.04 Å². The van der Waals surface area contributed by atoms with Gasteiger partial charge in [0.15, 0.2) is 0 Å². The second-order valence-electron chi connectivity index (χ2n) is 4.63. The molecule has 1 aliphatic rings. The molecule has 0 N–H and O–H groups in total. The number of hydrogen-bond acceptors (Lipinski definition) is 2. The molecule has 0 amide bonds. The van der Waals surface area contributed by atoms with Crippen molar-refractivity contribution in [2.24, 2.45) is 0 Å². The molecular weight excluding hydrogens is 196 g/mol. The summed E-state index contributed by atoms with van der Waals surface area (Å²) in [4.78, 5) is 2.29. The Bertz CT molecular complexity index is 411. The van der Waals surface area contributed by atoms with E-state index < -0.39 is 0 Å². The third-order valence-electron chi connectivity index (χ3n) is 3.35. The highest BCUT2D eigenvalue weighted by Crippen LogP contribution is 2.27. The maximum absolute atomic E-state index is 9.34. The fraction of sp³-hybridized carbons (Fsp3) is 0.500. The lowest BCUT2D eigenvalue weighted by Gasteiger charge is -2.23. The predicted octanol–water partition coefficient (Wildman–Crippen LogP) is 2.96. The van der Waals surface area contributed by atoms with E-state index in [0.717, 1.165) is 13.1 Å². The molecule has 1 fully saturated rings. The van der Waals surface area contributed by atoms with Crippen LogP contribution in [0.3, 0.4) is 0 Å². The van der Waals surface area contributed by atoms with E-state index in [-0.39, 0.29) is 6.04 Å². The SMILES string of the molecule is Cc1ccc(C(C#N)N2CCCC2)c(C)c1. The molecule has 2 nitrogen and oxygen atoms in total. The minimum atomic E-state index is -0.0527. The number of nitriles is 1. The Balaban J connectivity index is 2.30. The van der Waals surface area contributed by atoms with Crippen LogP contribution >= 0.6 is 0 Å². The van der Waals surface area contributed by atoms with E-state index in [4.69, 9.17) is 0 Å². The van der Waals surface area contributed by atoms with E-state index in [0.29, 0.717) is 0 Å². The van der Waals surface area contributed by atoms with Crippen molar-refractivity contribution in [2.75, 3.05) is 13.1 Å². The maximum atomic E-state index is 9.34. The van der Waals surface area contributed by atoms with Crippen LogP contribution in [0.15, 0.2) is 18.2 Å². The molecule has 1 saturated heterocycles. The van der Waals surface area contributed by atoms with Crippen LogP contribution in [-0.4, -0.2) is 18.0 Å². The molecule has 0 aliphatic carbocycles. The fourth-order valence-corrected chi connectivity index (χ4v) is 2.48.